The first-order chi connectivity index (χ1) is 10.5. The number of hydrogen-bond donors (Lipinski definition) is 0. The molecule has 0 unspecified atom stereocenters. The zero-order valence-electron chi connectivity index (χ0n) is 12.8. The van der Waals surface area contributed by atoms with Gasteiger partial charge in [-0.2, -0.15) is 0 Å². The summed E-state index contributed by atoms with van der Waals surface area (Å²) in [6.07, 6.45) is 0. The van der Waals surface area contributed by atoms with E-state index in [0.29, 0.717) is 5.56 Å². The SMILES string of the molecule is CCOC(=O)[C@H]1C(C(C)=O)=C(C)OC(=O)[C@@H]1c1ccccc1. The molecule has 116 valence electrons. The molecule has 0 bridgehead atoms. The van der Waals surface area contributed by atoms with Crippen LogP contribution in [0.25, 0.3) is 0 Å². The molecular weight excluding hydrogens is 284 g/mol. The lowest BCUT2D eigenvalue weighted by atomic mass is 9.78. The fourth-order valence-corrected chi connectivity index (χ4v) is 2.73. The number of Topliss-reactive ketones (excluding diaryl/α,β-unsaturated/α-hetero) is 1. The summed E-state index contributed by atoms with van der Waals surface area (Å²) in [6, 6.07) is 8.81. The molecule has 1 aliphatic heterocycles. The van der Waals surface area contributed by atoms with Gasteiger partial charge in [0, 0.05) is 5.57 Å². The standard InChI is InChI=1S/C17H18O5/c1-4-21-16(19)15-13(10(2)18)11(3)22-17(20)14(15)12-8-6-5-7-9-12/h5-9,14-15H,4H2,1-3H3/t14-,15+/m1/s1. The van der Waals surface area contributed by atoms with Crippen LogP contribution in [0, 0.1) is 5.92 Å². The van der Waals surface area contributed by atoms with Crippen LogP contribution in [0.1, 0.15) is 32.3 Å². The van der Waals surface area contributed by atoms with Crippen molar-refractivity contribution in [2.75, 3.05) is 6.61 Å². The Kier molecular flexibility index (Phi) is 4.75. The molecule has 2 atom stereocenters. The van der Waals surface area contributed by atoms with E-state index in [2.05, 4.69) is 0 Å². The van der Waals surface area contributed by atoms with Crippen LogP contribution in [-0.2, 0) is 23.9 Å². The Morgan fingerprint density at radius 3 is 2.41 bits per heavy atom. The van der Waals surface area contributed by atoms with Gasteiger partial charge in [-0.15, -0.1) is 0 Å². The molecule has 1 aromatic carbocycles. The number of allylic oxidation sites excluding steroid dienone is 1. The van der Waals surface area contributed by atoms with Gasteiger partial charge in [-0.25, -0.2) is 0 Å². The second-order valence-corrected chi connectivity index (χ2v) is 5.07. The van der Waals surface area contributed by atoms with Crippen molar-refractivity contribution in [2.24, 2.45) is 5.92 Å². The molecule has 1 aliphatic rings. The minimum Gasteiger partial charge on any atom is -0.465 e. The Labute approximate surface area is 128 Å². The number of cyclic esters (lactones) is 1. The largest absolute Gasteiger partial charge is 0.465 e. The van der Waals surface area contributed by atoms with Crippen LogP contribution in [0.4, 0.5) is 0 Å². The van der Waals surface area contributed by atoms with Crippen molar-refractivity contribution in [3.63, 3.8) is 0 Å². The van der Waals surface area contributed by atoms with Gasteiger partial charge in [-0.3, -0.25) is 14.4 Å². The molecule has 0 amide bonds. The summed E-state index contributed by atoms with van der Waals surface area (Å²) in [5.74, 6) is -3.11. The van der Waals surface area contributed by atoms with Gasteiger partial charge in [0.15, 0.2) is 5.78 Å². The molecule has 22 heavy (non-hydrogen) atoms. The molecule has 5 heteroatoms. The van der Waals surface area contributed by atoms with E-state index < -0.39 is 23.8 Å². The number of rotatable bonds is 4. The molecule has 0 radical (unpaired) electrons. The third kappa shape index (κ3) is 2.93. The first kappa shape index (κ1) is 15.9. The minimum absolute atomic E-state index is 0.169. The van der Waals surface area contributed by atoms with Crippen molar-refractivity contribution in [3.05, 3.63) is 47.2 Å². The fourth-order valence-electron chi connectivity index (χ4n) is 2.73. The van der Waals surface area contributed by atoms with Gasteiger partial charge in [-0.05, 0) is 26.3 Å². The summed E-state index contributed by atoms with van der Waals surface area (Å²) in [5.41, 5.74) is 0.823. The van der Waals surface area contributed by atoms with E-state index in [-0.39, 0.29) is 23.7 Å². The second kappa shape index (κ2) is 6.56. The third-order valence-corrected chi connectivity index (χ3v) is 3.61. The molecular formula is C17H18O5. The Hall–Kier alpha value is -2.43. The molecule has 0 aliphatic carbocycles. The number of carbonyl (C=O) groups excluding carboxylic acids is 3. The number of hydrogen-bond acceptors (Lipinski definition) is 5. The maximum Gasteiger partial charge on any atom is 0.319 e. The summed E-state index contributed by atoms with van der Waals surface area (Å²) < 4.78 is 10.3. The second-order valence-electron chi connectivity index (χ2n) is 5.07. The van der Waals surface area contributed by atoms with Crippen LogP contribution >= 0.6 is 0 Å². The van der Waals surface area contributed by atoms with Crippen LogP contribution in [0.5, 0.6) is 0 Å². The van der Waals surface area contributed by atoms with Gasteiger partial charge in [-0.1, -0.05) is 30.3 Å². The first-order valence-electron chi connectivity index (χ1n) is 7.12. The number of ether oxygens (including phenoxy) is 2. The van der Waals surface area contributed by atoms with E-state index in [1.807, 2.05) is 6.07 Å². The highest BCUT2D eigenvalue weighted by atomic mass is 16.5. The molecule has 0 aromatic heterocycles. The predicted octanol–water partition coefficient (Wildman–Crippen LogP) is 2.37. The molecule has 0 N–H and O–H groups in total. The van der Waals surface area contributed by atoms with Crippen molar-refractivity contribution < 1.29 is 23.9 Å². The number of benzene rings is 1. The van der Waals surface area contributed by atoms with E-state index in [1.54, 1.807) is 31.2 Å². The van der Waals surface area contributed by atoms with Gasteiger partial charge in [0.1, 0.15) is 11.7 Å². The van der Waals surface area contributed by atoms with Gasteiger partial charge >= 0.3 is 11.9 Å². The average Bonchev–Trinajstić information content (AvgIpc) is 2.47. The van der Waals surface area contributed by atoms with E-state index in [0.717, 1.165) is 0 Å². The number of carbonyl (C=O) groups is 3. The molecule has 0 fully saturated rings. The monoisotopic (exact) mass is 302 g/mol. The third-order valence-electron chi connectivity index (χ3n) is 3.61. The Morgan fingerprint density at radius 2 is 1.86 bits per heavy atom. The Bertz CT molecular complexity index is 630. The summed E-state index contributed by atoms with van der Waals surface area (Å²) in [5, 5.41) is 0. The summed E-state index contributed by atoms with van der Waals surface area (Å²) in [4.78, 5) is 36.6. The van der Waals surface area contributed by atoms with Crippen LogP contribution < -0.4 is 0 Å². The Morgan fingerprint density at radius 1 is 1.23 bits per heavy atom. The highest BCUT2D eigenvalue weighted by Gasteiger charge is 2.45. The predicted molar refractivity (Wildman–Crippen MR) is 78.8 cm³/mol. The van der Waals surface area contributed by atoms with Crippen molar-refractivity contribution in [2.45, 2.75) is 26.7 Å². The smallest absolute Gasteiger partial charge is 0.319 e. The number of ketones is 1. The van der Waals surface area contributed by atoms with Gasteiger partial charge in [0.2, 0.25) is 0 Å². The van der Waals surface area contributed by atoms with Crippen molar-refractivity contribution in [3.8, 4) is 0 Å². The maximum absolute atomic E-state index is 12.4. The summed E-state index contributed by atoms with van der Waals surface area (Å²) in [7, 11) is 0. The van der Waals surface area contributed by atoms with E-state index in [4.69, 9.17) is 9.47 Å². The highest BCUT2D eigenvalue weighted by Crippen LogP contribution is 2.39. The molecule has 0 saturated carbocycles. The van der Waals surface area contributed by atoms with E-state index in [1.165, 1.54) is 13.8 Å². The van der Waals surface area contributed by atoms with Gasteiger partial charge in [0.05, 0.1) is 12.5 Å². The number of esters is 2. The van der Waals surface area contributed by atoms with Gasteiger partial charge < -0.3 is 9.47 Å². The van der Waals surface area contributed by atoms with Crippen LogP contribution in [0.15, 0.2) is 41.7 Å². The molecule has 1 heterocycles. The quantitative estimate of drug-likeness (QED) is 0.799. The lowest BCUT2D eigenvalue weighted by Gasteiger charge is -2.30. The van der Waals surface area contributed by atoms with Crippen molar-refractivity contribution >= 4 is 17.7 Å². The maximum atomic E-state index is 12.4. The van der Waals surface area contributed by atoms with Crippen LogP contribution in [0.2, 0.25) is 0 Å². The lowest BCUT2D eigenvalue weighted by molar-refractivity contribution is -0.156. The normalized spacial score (nSPS) is 21.3. The van der Waals surface area contributed by atoms with Crippen LogP contribution in [0.3, 0.4) is 0 Å². The molecule has 0 spiro atoms. The summed E-state index contributed by atoms with van der Waals surface area (Å²) >= 11 is 0. The van der Waals surface area contributed by atoms with E-state index >= 15 is 0 Å². The zero-order valence-corrected chi connectivity index (χ0v) is 12.8. The highest BCUT2D eigenvalue weighted by molar-refractivity contribution is 6.04. The molecule has 2 rings (SSSR count). The molecule has 5 nitrogen and oxygen atoms in total. The zero-order chi connectivity index (χ0) is 16.3. The van der Waals surface area contributed by atoms with E-state index in [9.17, 15) is 14.4 Å². The average molecular weight is 302 g/mol. The molecule has 0 saturated heterocycles. The minimum atomic E-state index is -0.971. The van der Waals surface area contributed by atoms with Gasteiger partial charge in [0.25, 0.3) is 0 Å². The van der Waals surface area contributed by atoms with Crippen LogP contribution in [-0.4, -0.2) is 24.3 Å². The van der Waals surface area contributed by atoms with Crippen molar-refractivity contribution in [1.82, 2.24) is 0 Å². The first-order valence-corrected chi connectivity index (χ1v) is 7.12. The fraction of sp³-hybridized carbons (Fsp3) is 0.353. The van der Waals surface area contributed by atoms with Crippen molar-refractivity contribution in [1.29, 1.82) is 0 Å². The lowest BCUT2D eigenvalue weighted by Crippen LogP contribution is -2.38. The molecule has 1 aromatic rings. The topological polar surface area (TPSA) is 69.7 Å². The Balaban J connectivity index is 2.57. The summed E-state index contributed by atoms with van der Waals surface area (Å²) in [6.45, 7) is 4.73.